The van der Waals surface area contributed by atoms with Gasteiger partial charge in [-0.15, -0.1) is 0 Å². The summed E-state index contributed by atoms with van der Waals surface area (Å²) < 4.78 is 26.6. The molecule has 1 aromatic rings. The summed E-state index contributed by atoms with van der Waals surface area (Å²) in [5.41, 5.74) is 6.15. The largest absolute Gasteiger partial charge is 0.397 e. The average Bonchev–Trinajstić information content (AvgIpc) is 2.09. The average molecular weight is 212 g/mol. The first kappa shape index (κ1) is 10.2. The SMILES string of the molecule is CN(c1c(N)ccc(F)c1F)C1CCC1. The molecule has 15 heavy (non-hydrogen) atoms. The van der Waals surface area contributed by atoms with E-state index in [2.05, 4.69) is 0 Å². The maximum absolute atomic E-state index is 13.5. The van der Waals surface area contributed by atoms with E-state index in [1.807, 2.05) is 0 Å². The van der Waals surface area contributed by atoms with Gasteiger partial charge in [-0.1, -0.05) is 0 Å². The summed E-state index contributed by atoms with van der Waals surface area (Å²) in [4.78, 5) is 1.75. The van der Waals surface area contributed by atoms with Crippen molar-refractivity contribution in [2.45, 2.75) is 25.3 Å². The van der Waals surface area contributed by atoms with Crippen molar-refractivity contribution in [2.75, 3.05) is 17.7 Å². The summed E-state index contributed by atoms with van der Waals surface area (Å²) in [5.74, 6) is -1.69. The highest BCUT2D eigenvalue weighted by Gasteiger charge is 2.26. The molecule has 4 heteroatoms. The van der Waals surface area contributed by atoms with E-state index < -0.39 is 11.6 Å². The van der Waals surface area contributed by atoms with Crippen molar-refractivity contribution in [1.29, 1.82) is 0 Å². The molecule has 0 spiro atoms. The number of nitrogen functional groups attached to an aromatic ring is 1. The summed E-state index contributed by atoms with van der Waals surface area (Å²) in [6.07, 6.45) is 3.18. The molecule has 1 saturated carbocycles. The second kappa shape index (κ2) is 3.68. The Hall–Kier alpha value is -1.32. The number of nitrogens with zero attached hydrogens (tertiary/aromatic N) is 1. The molecule has 0 amide bonds. The van der Waals surface area contributed by atoms with Crippen LogP contribution in [0.4, 0.5) is 20.2 Å². The van der Waals surface area contributed by atoms with Crippen LogP contribution in [0.2, 0.25) is 0 Å². The highest BCUT2D eigenvalue weighted by atomic mass is 19.2. The Morgan fingerprint density at radius 1 is 1.33 bits per heavy atom. The zero-order valence-electron chi connectivity index (χ0n) is 8.63. The molecule has 82 valence electrons. The Morgan fingerprint density at radius 3 is 2.53 bits per heavy atom. The predicted octanol–water partition coefficient (Wildman–Crippen LogP) is 2.54. The molecule has 2 nitrogen and oxygen atoms in total. The normalized spacial score (nSPS) is 16.2. The summed E-state index contributed by atoms with van der Waals surface area (Å²) >= 11 is 0. The van der Waals surface area contributed by atoms with Gasteiger partial charge in [0.25, 0.3) is 0 Å². The van der Waals surface area contributed by atoms with Crippen molar-refractivity contribution in [1.82, 2.24) is 0 Å². The van der Waals surface area contributed by atoms with Gasteiger partial charge in [-0.05, 0) is 31.4 Å². The highest BCUT2D eigenvalue weighted by molar-refractivity contribution is 5.68. The number of nitrogens with two attached hydrogens (primary N) is 1. The van der Waals surface area contributed by atoms with E-state index in [0.717, 1.165) is 25.3 Å². The summed E-state index contributed by atoms with van der Waals surface area (Å²) in [7, 11) is 1.76. The molecule has 1 fully saturated rings. The van der Waals surface area contributed by atoms with Crippen molar-refractivity contribution in [3.05, 3.63) is 23.8 Å². The van der Waals surface area contributed by atoms with Gasteiger partial charge in [-0.3, -0.25) is 0 Å². The molecule has 1 aliphatic carbocycles. The van der Waals surface area contributed by atoms with Gasteiger partial charge in [-0.2, -0.15) is 0 Å². The van der Waals surface area contributed by atoms with Gasteiger partial charge in [0, 0.05) is 13.1 Å². The van der Waals surface area contributed by atoms with E-state index in [4.69, 9.17) is 5.73 Å². The van der Waals surface area contributed by atoms with Crippen LogP contribution in [-0.4, -0.2) is 13.1 Å². The lowest BCUT2D eigenvalue weighted by molar-refractivity contribution is 0.395. The van der Waals surface area contributed by atoms with Gasteiger partial charge < -0.3 is 10.6 Å². The van der Waals surface area contributed by atoms with E-state index >= 15 is 0 Å². The van der Waals surface area contributed by atoms with Crippen LogP contribution < -0.4 is 10.6 Å². The van der Waals surface area contributed by atoms with Crippen LogP contribution in [0.3, 0.4) is 0 Å². The van der Waals surface area contributed by atoms with Crippen LogP contribution >= 0.6 is 0 Å². The molecule has 1 aromatic carbocycles. The number of hydrogen-bond donors (Lipinski definition) is 1. The third kappa shape index (κ3) is 1.64. The molecule has 0 bridgehead atoms. The third-order valence-corrected chi connectivity index (χ3v) is 3.08. The summed E-state index contributed by atoms with van der Waals surface area (Å²) in [6, 6.07) is 2.76. The van der Waals surface area contributed by atoms with Gasteiger partial charge in [0.1, 0.15) is 0 Å². The standard InChI is InChI=1S/C11H14F2N2/c1-15(7-3-2-4-7)11-9(14)6-5-8(12)10(11)13/h5-7H,2-4,14H2,1H3. The fourth-order valence-corrected chi connectivity index (χ4v) is 1.87. The van der Waals surface area contributed by atoms with Gasteiger partial charge in [0.05, 0.1) is 11.4 Å². The lowest BCUT2D eigenvalue weighted by Crippen LogP contribution is -2.38. The molecule has 2 rings (SSSR count). The van der Waals surface area contributed by atoms with Crippen LogP contribution in [0, 0.1) is 11.6 Å². The summed E-state index contributed by atoms with van der Waals surface area (Å²) in [6.45, 7) is 0. The van der Waals surface area contributed by atoms with E-state index in [9.17, 15) is 8.78 Å². The van der Waals surface area contributed by atoms with Crippen molar-refractivity contribution in [3.8, 4) is 0 Å². The third-order valence-electron chi connectivity index (χ3n) is 3.08. The predicted molar refractivity (Wildman–Crippen MR) is 56.8 cm³/mol. The minimum atomic E-state index is -0.843. The topological polar surface area (TPSA) is 29.3 Å². The van der Waals surface area contributed by atoms with Crippen LogP contribution in [-0.2, 0) is 0 Å². The van der Waals surface area contributed by atoms with Crippen molar-refractivity contribution >= 4 is 11.4 Å². The van der Waals surface area contributed by atoms with Crippen molar-refractivity contribution in [3.63, 3.8) is 0 Å². The molecule has 0 aliphatic heterocycles. The number of hydrogen-bond acceptors (Lipinski definition) is 2. The van der Waals surface area contributed by atoms with E-state index in [-0.39, 0.29) is 5.69 Å². The first-order valence-electron chi connectivity index (χ1n) is 5.07. The molecule has 2 N–H and O–H groups in total. The molecule has 0 unspecified atom stereocenters. The Balaban J connectivity index is 2.36. The van der Waals surface area contributed by atoms with E-state index in [1.54, 1.807) is 11.9 Å². The maximum atomic E-state index is 13.5. The first-order valence-corrected chi connectivity index (χ1v) is 5.07. The summed E-state index contributed by atoms with van der Waals surface area (Å²) in [5, 5.41) is 0. The Labute approximate surface area is 87.7 Å². The second-order valence-corrected chi connectivity index (χ2v) is 3.99. The fourth-order valence-electron chi connectivity index (χ4n) is 1.87. The lowest BCUT2D eigenvalue weighted by Gasteiger charge is -2.37. The molecular weight excluding hydrogens is 198 g/mol. The van der Waals surface area contributed by atoms with Gasteiger partial charge in [-0.25, -0.2) is 8.78 Å². The molecular formula is C11H14F2N2. The molecule has 0 atom stereocenters. The van der Waals surface area contributed by atoms with E-state index in [0.29, 0.717) is 11.7 Å². The maximum Gasteiger partial charge on any atom is 0.184 e. The second-order valence-electron chi connectivity index (χ2n) is 3.99. The Bertz CT molecular complexity index is 375. The minimum absolute atomic E-state index is 0.194. The van der Waals surface area contributed by atoms with Crippen LogP contribution in [0.5, 0.6) is 0 Å². The molecule has 0 heterocycles. The quantitative estimate of drug-likeness (QED) is 0.763. The molecule has 0 radical (unpaired) electrons. The van der Waals surface area contributed by atoms with Crippen LogP contribution in [0.15, 0.2) is 12.1 Å². The number of rotatable bonds is 2. The van der Waals surface area contributed by atoms with Gasteiger partial charge >= 0.3 is 0 Å². The number of benzene rings is 1. The first-order chi connectivity index (χ1) is 7.11. The van der Waals surface area contributed by atoms with Crippen molar-refractivity contribution < 1.29 is 8.78 Å². The number of anilines is 2. The fraction of sp³-hybridized carbons (Fsp3) is 0.455. The Morgan fingerprint density at radius 2 is 2.00 bits per heavy atom. The van der Waals surface area contributed by atoms with Crippen LogP contribution in [0.1, 0.15) is 19.3 Å². The van der Waals surface area contributed by atoms with Gasteiger partial charge in [0.2, 0.25) is 0 Å². The molecule has 0 saturated heterocycles. The van der Waals surface area contributed by atoms with Crippen LogP contribution in [0.25, 0.3) is 0 Å². The zero-order chi connectivity index (χ0) is 11.0. The Kier molecular flexibility index (Phi) is 2.50. The minimum Gasteiger partial charge on any atom is -0.397 e. The highest BCUT2D eigenvalue weighted by Crippen LogP contribution is 2.34. The molecule has 1 aliphatic rings. The zero-order valence-corrected chi connectivity index (χ0v) is 8.63. The van der Waals surface area contributed by atoms with Crippen molar-refractivity contribution in [2.24, 2.45) is 0 Å². The lowest BCUT2D eigenvalue weighted by atomic mass is 9.91. The van der Waals surface area contributed by atoms with Gasteiger partial charge in [0.15, 0.2) is 11.6 Å². The smallest absolute Gasteiger partial charge is 0.184 e. The van der Waals surface area contributed by atoms with E-state index in [1.165, 1.54) is 6.07 Å². The molecule has 0 aromatic heterocycles. The monoisotopic (exact) mass is 212 g/mol. The number of halogens is 2.